The van der Waals surface area contributed by atoms with Crippen LogP contribution in [0, 0.1) is 17.8 Å². The average molecular weight is 413 g/mol. The van der Waals surface area contributed by atoms with Crippen LogP contribution in [0.3, 0.4) is 0 Å². The molecule has 1 aromatic carbocycles. The molecule has 150 valence electrons. The van der Waals surface area contributed by atoms with E-state index in [9.17, 15) is 22.8 Å². The number of rotatable bonds is 3. The molecule has 1 saturated heterocycles. The van der Waals surface area contributed by atoms with Gasteiger partial charge in [0.15, 0.2) is 0 Å². The average Bonchev–Trinajstić information content (AvgIpc) is 3.47. The van der Waals surface area contributed by atoms with E-state index in [4.69, 9.17) is 11.6 Å². The number of carbonyl (C=O) groups is 2. The SMILES string of the molecule is O=C(Nc1ccc(Cl)c(C(F)(F)F)c1)[C@H]1CC=C[C@H]2CCN(C3CC3)C(=O)[C@@H]12. The second-order valence-corrected chi connectivity index (χ2v) is 8.10. The molecule has 8 heteroatoms. The fourth-order valence-corrected chi connectivity index (χ4v) is 4.48. The maximum absolute atomic E-state index is 13.1. The lowest BCUT2D eigenvalue weighted by Crippen LogP contribution is -2.51. The second-order valence-electron chi connectivity index (χ2n) is 7.69. The molecule has 1 saturated carbocycles. The molecule has 1 aliphatic heterocycles. The highest BCUT2D eigenvalue weighted by atomic mass is 35.5. The van der Waals surface area contributed by atoms with Crippen molar-refractivity contribution in [2.24, 2.45) is 17.8 Å². The van der Waals surface area contributed by atoms with Gasteiger partial charge in [0.2, 0.25) is 11.8 Å². The van der Waals surface area contributed by atoms with Crippen LogP contribution in [0.15, 0.2) is 30.4 Å². The minimum absolute atomic E-state index is 0.00274. The van der Waals surface area contributed by atoms with Crippen LogP contribution < -0.4 is 5.32 Å². The number of piperidine rings is 1. The van der Waals surface area contributed by atoms with E-state index in [1.165, 1.54) is 6.07 Å². The number of amides is 2. The summed E-state index contributed by atoms with van der Waals surface area (Å²) in [5, 5.41) is 2.14. The van der Waals surface area contributed by atoms with Crippen molar-refractivity contribution in [3.63, 3.8) is 0 Å². The predicted molar refractivity (Wildman–Crippen MR) is 98.7 cm³/mol. The Balaban J connectivity index is 1.54. The number of likely N-dealkylation sites (tertiary alicyclic amines) is 1. The number of hydrogen-bond acceptors (Lipinski definition) is 2. The van der Waals surface area contributed by atoms with Gasteiger partial charge in [-0.05, 0) is 49.8 Å². The van der Waals surface area contributed by atoms with E-state index in [2.05, 4.69) is 5.32 Å². The summed E-state index contributed by atoms with van der Waals surface area (Å²) in [6, 6.07) is 3.57. The maximum atomic E-state index is 13.1. The first-order valence-corrected chi connectivity index (χ1v) is 9.78. The van der Waals surface area contributed by atoms with E-state index in [1.54, 1.807) is 0 Å². The Kier molecular flexibility index (Phi) is 4.89. The maximum Gasteiger partial charge on any atom is 0.417 e. The molecule has 0 radical (unpaired) electrons. The van der Waals surface area contributed by atoms with Crippen molar-refractivity contribution in [2.45, 2.75) is 37.9 Å². The summed E-state index contributed by atoms with van der Waals surface area (Å²) in [6.45, 7) is 0.704. The van der Waals surface area contributed by atoms with Crippen LogP contribution in [0.1, 0.15) is 31.2 Å². The molecule has 0 unspecified atom stereocenters. The first kappa shape index (κ1) is 19.3. The van der Waals surface area contributed by atoms with Crippen molar-refractivity contribution in [3.05, 3.63) is 40.9 Å². The molecule has 4 rings (SSSR count). The Bertz CT molecular complexity index is 835. The molecule has 0 spiro atoms. The van der Waals surface area contributed by atoms with Crippen LogP contribution in [0.4, 0.5) is 18.9 Å². The van der Waals surface area contributed by atoms with Crippen LogP contribution in [0.25, 0.3) is 0 Å². The van der Waals surface area contributed by atoms with Gasteiger partial charge in [0.1, 0.15) is 0 Å². The van der Waals surface area contributed by atoms with Crippen molar-refractivity contribution in [3.8, 4) is 0 Å². The first-order valence-electron chi connectivity index (χ1n) is 9.40. The molecule has 0 aromatic heterocycles. The number of nitrogens with one attached hydrogen (secondary N) is 1. The number of nitrogens with zero attached hydrogens (tertiary/aromatic N) is 1. The first-order chi connectivity index (χ1) is 13.3. The third kappa shape index (κ3) is 3.64. The summed E-state index contributed by atoms with van der Waals surface area (Å²) < 4.78 is 39.2. The van der Waals surface area contributed by atoms with Gasteiger partial charge in [-0.3, -0.25) is 9.59 Å². The quantitative estimate of drug-likeness (QED) is 0.743. The molecule has 0 bridgehead atoms. The molecule has 2 amide bonds. The number of fused-ring (bicyclic) bond motifs is 1. The van der Waals surface area contributed by atoms with E-state index in [1.807, 2.05) is 17.1 Å². The molecule has 2 fully saturated rings. The van der Waals surface area contributed by atoms with Gasteiger partial charge in [0.25, 0.3) is 0 Å². The number of halogens is 4. The minimum Gasteiger partial charge on any atom is -0.339 e. The van der Waals surface area contributed by atoms with Gasteiger partial charge < -0.3 is 10.2 Å². The zero-order chi connectivity index (χ0) is 20.1. The Morgan fingerprint density at radius 3 is 2.64 bits per heavy atom. The van der Waals surface area contributed by atoms with Crippen LogP contribution in [-0.4, -0.2) is 29.3 Å². The molecular weight excluding hydrogens is 393 g/mol. The van der Waals surface area contributed by atoms with E-state index in [0.717, 1.165) is 31.4 Å². The number of carbonyl (C=O) groups excluding carboxylic acids is 2. The monoisotopic (exact) mass is 412 g/mol. The lowest BCUT2D eigenvalue weighted by atomic mass is 9.71. The zero-order valence-electron chi connectivity index (χ0n) is 15.0. The van der Waals surface area contributed by atoms with E-state index >= 15 is 0 Å². The fraction of sp³-hybridized carbons (Fsp3) is 0.500. The molecule has 2 aliphatic carbocycles. The lowest BCUT2D eigenvalue weighted by Gasteiger charge is -2.41. The van der Waals surface area contributed by atoms with Gasteiger partial charge in [-0.25, -0.2) is 0 Å². The number of allylic oxidation sites excluding steroid dienone is 2. The third-order valence-corrected chi connectivity index (χ3v) is 6.13. The number of benzene rings is 1. The largest absolute Gasteiger partial charge is 0.417 e. The van der Waals surface area contributed by atoms with E-state index in [0.29, 0.717) is 13.0 Å². The molecule has 4 nitrogen and oxygen atoms in total. The number of anilines is 1. The molecule has 28 heavy (non-hydrogen) atoms. The lowest BCUT2D eigenvalue weighted by molar-refractivity contribution is -0.147. The normalized spacial score (nSPS) is 27.5. The molecule has 1 N–H and O–H groups in total. The van der Waals surface area contributed by atoms with Gasteiger partial charge in [-0.15, -0.1) is 0 Å². The Morgan fingerprint density at radius 2 is 1.96 bits per heavy atom. The van der Waals surface area contributed by atoms with Crippen LogP contribution >= 0.6 is 11.6 Å². The summed E-state index contributed by atoms with van der Waals surface area (Å²) >= 11 is 5.64. The van der Waals surface area contributed by atoms with Crippen molar-refractivity contribution in [1.29, 1.82) is 0 Å². The molecular formula is C20H20ClF3N2O2. The van der Waals surface area contributed by atoms with Crippen LogP contribution in [-0.2, 0) is 15.8 Å². The van der Waals surface area contributed by atoms with E-state index < -0.39 is 34.5 Å². The molecule has 3 atom stereocenters. The molecule has 1 heterocycles. The fourth-order valence-electron chi connectivity index (χ4n) is 4.26. The van der Waals surface area contributed by atoms with Gasteiger partial charge in [0.05, 0.1) is 22.4 Å². The topological polar surface area (TPSA) is 49.4 Å². The van der Waals surface area contributed by atoms with Gasteiger partial charge in [-0.1, -0.05) is 23.8 Å². The van der Waals surface area contributed by atoms with Gasteiger partial charge >= 0.3 is 6.18 Å². The summed E-state index contributed by atoms with van der Waals surface area (Å²) in [4.78, 5) is 27.7. The van der Waals surface area contributed by atoms with Crippen LogP contribution in [0.2, 0.25) is 5.02 Å². The third-order valence-electron chi connectivity index (χ3n) is 5.80. The molecule has 1 aromatic rings. The standard InChI is InChI=1S/C20H20ClF3N2O2/c21-16-7-4-12(10-15(16)20(22,23)24)25-18(27)14-3-1-2-11-8-9-26(13-5-6-13)19(28)17(11)14/h1-2,4,7,10-11,13-14,17H,3,5-6,8-9H2,(H,25,27)/t11-,14-,17+/m0/s1. The number of hydrogen-bond donors (Lipinski definition) is 1. The second kappa shape index (κ2) is 7.10. The van der Waals surface area contributed by atoms with Crippen molar-refractivity contribution in [2.75, 3.05) is 11.9 Å². The summed E-state index contributed by atoms with van der Waals surface area (Å²) in [5.74, 6) is -1.47. The zero-order valence-corrected chi connectivity index (χ0v) is 15.8. The van der Waals surface area contributed by atoms with Gasteiger partial charge in [0, 0.05) is 18.3 Å². The highest BCUT2D eigenvalue weighted by Crippen LogP contribution is 2.42. The predicted octanol–water partition coefficient (Wildman–Crippen LogP) is 4.50. The van der Waals surface area contributed by atoms with Crippen molar-refractivity contribution >= 4 is 29.1 Å². The molecule has 3 aliphatic rings. The van der Waals surface area contributed by atoms with E-state index in [-0.39, 0.29) is 23.6 Å². The Labute approximate surface area is 165 Å². The highest BCUT2D eigenvalue weighted by Gasteiger charge is 2.47. The highest BCUT2D eigenvalue weighted by molar-refractivity contribution is 6.31. The summed E-state index contributed by atoms with van der Waals surface area (Å²) in [7, 11) is 0. The van der Waals surface area contributed by atoms with Crippen molar-refractivity contribution in [1.82, 2.24) is 4.90 Å². The Hall–Kier alpha value is -2.02. The number of alkyl halides is 3. The summed E-state index contributed by atoms with van der Waals surface area (Å²) in [6.07, 6.45) is 2.50. The minimum atomic E-state index is -4.61. The smallest absolute Gasteiger partial charge is 0.339 e. The summed E-state index contributed by atoms with van der Waals surface area (Å²) in [5.41, 5.74) is -0.975. The van der Waals surface area contributed by atoms with Crippen molar-refractivity contribution < 1.29 is 22.8 Å². The Morgan fingerprint density at radius 1 is 1.21 bits per heavy atom. The van der Waals surface area contributed by atoms with Crippen LogP contribution in [0.5, 0.6) is 0 Å². The van der Waals surface area contributed by atoms with Gasteiger partial charge in [-0.2, -0.15) is 13.2 Å².